The summed E-state index contributed by atoms with van der Waals surface area (Å²) in [5.74, 6) is -0.0875. The number of likely N-dealkylation sites (tertiary alicyclic amines) is 1. The second-order valence-electron chi connectivity index (χ2n) is 7.79. The molecule has 2 aromatic carbocycles. The zero-order chi connectivity index (χ0) is 19.5. The zero-order valence-electron chi connectivity index (χ0n) is 16.3. The van der Waals surface area contributed by atoms with Gasteiger partial charge in [0.1, 0.15) is 6.04 Å². The Morgan fingerprint density at radius 2 is 1.75 bits per heavy atom. The van der Waals surface area contributed by atoms with E-state index in [9.17, 15) is 9.59 Å². The summed E-state index contributed by atoms with van der Waals surface area (Å²) in [4.78, 5) is 27.4. The van der Waals surface area contributed by atoms with E-state index >= 15 is 0 Å². The summed E-state index contributed by atoms with van der Waals surface area (Å²) in [6.07, 6.45) is 5.99. The van der Waals surface area contributed by atoms with E-state index in [4.69, 9.17) is 0 Å². The zero-order valence-corrected chi connectivity index (χ0v) is 16.3. The number of hydrogen-bond acceptors (Lipinski definition) is 2. The lowest BCUT2D eigenvalue weighted by Gasteiger charge is -2.25. The maximum Gasteiger partial charge on any atom is 0.322 e. The Morgan fingerprint density at radius 1 is 0.964 bits per heavy atom. The van der Waals surface area contributed by atoms with Gasteiger partial charge in [-0.3, -0.25) is 4.79 Å². The molecule has 0 unspecified atom stereocenters. The third-order valence-corrected chi connectivity index (χ3v) is 5.77. The molecule has 0 aromatic heterocycles. The average molecular weight is 377 g/mol. The van der Waals surface area contributed by atoms with E-state index in [2.05, 4.69) is 16.7 Å². The number of benzene rings is 2. The molecule has 0 bridgehead atoms. The second kappa shape index (κ2) is 8.05. The highest BCUT2D eigenvalue weighted by Gasteiger charge is 2.34. The molecule has 28 heavy (non-hydrogen) atoms. The van der Waals surface area contributed by atoms with Gasteiger partial charge in [0.05, 0.1) is 0 Å². The molecule has 2 aliphatic rings. The molecule has 1 aliphatic heterocycles. The van der Waals surface area contributed by atoms with Gasteiger partial charge in [-0.25, -0.2) is 4.79 Å². The summed E-state index contributed by atoms with van der Waals surface area (Å²) >= 11 is 0. The van der Waals surface area contributed by atoms with E-state index in [0.29, 0.717) is 13.0 Å². The molecule has 5 heteroatoms. The molecule has 0 saturated carbocycles. The minimum absolute atomic E-state index is 0.0875. The quantitative estimate of drug-likeness (QED) is 0.827. The molecule has 0 radical (unpaired) electrons. The molecule has 2 N–H and O–H groups in total. The first-order valence-corrected chi connectivity index (χ1v) is 10.2. The first-order valence-electron chi connectivity index (χ1n) is 10.2. The molecule has 3 amide bonds. The van der Waals surface area contributed by atoms with Crippen molar-refractivity contribution in [2.75, 3.05) is 17.2 Å². The van der Waals surface area contributed by atoms with Crippen LogP contribution < -0.4 is 10.6 Å². The molecule has 5 nitrogen and oxygen atoms in total. The Morgan fingerprint density at radius 3 is 2.57 bits per heavy atom. The minimum Gasteiger partial charge on any atom is -0.324 e. The molecule has 1 heterocycles. The molecule has 1 saturated heterocycles. The summed E-state index contributed by atoms with van der Waals surface area (Å²) in [5.41, 5.74) is 5.40. The predicted molar refractivity (Wildman–Crippen MR) is 112 cm³/mol. The van der Waals surface area contributed by atoms with E-state index in [1.807, 2.05) is 43.3 Å². The van der Waals surface area contributed by atoms with Crippen molar-refractivity contribution < 1.29 is 9.59 Å². The summed E-state index contributed by atoms with van der Waals surface area (Å²) < 4.78 is 0. The van der Waals surface area contributed by atoms with Gasteiger partial charge in [0.25, 0.3) is 0 Å². The largest absolute Gasteiger partial charge is 0.324 e. The predicted octanol–water partition coefficient (Wildman–Crippen LogP) is 4.51. The van der Waals surface area contributed by atoms with Crippen LogP contribution >= 0.6 is 0 Å². The van der Waals surface area contributed by atoms with Crippen LogP contribution in [0.25, 0.3) is 0 Å². The summed E-state index contributed by atoms with van der Waals surface area (Å²) in [5, 5.41) is 6.02. The molecule has 1 atom stereocenters. The molecular formula is C23H27N3O2. The van der Waals surface area contributed by atoms with Gasteiger partial charge in [-0.2, -0.15) is 0 Å². The maximum atomic E-state index is 13.0. The van der Waals surface area contributed by atoms with E-state index in [0.717, 1.165) is 42.6 Å². The van der Waals surface area contributed by atoms with Gasteiger partial charge in [-0.15, -0.1) is 0 Å². The Hall–Kier alpha value is -2.82. The lowest BCUT2D eigenvalue weighted by Crippen LogP contribution is -2.45. The number of urea groups is 1. The second-order valence-corrected chi connectivity index (χ2v) is 7.79. The van der Waals surface area contributed by atoms with Gasteiger partial charge in [0.15, 0.2) is 0 Å². The first kappa shape index (κ1) is 18.5. The van der Waals surface area contributed by atoms with Gasteiger partial charge in [-0.1, -0.05) is 29.8 Å². The van der Waals surface area contributed by atoms with Crippen LogP contribution in [0.5, 0.6) is 0 Å². The number of aryl methyl sites for hydroxylation is 2. The highest BCUT2D eigenvalue weighted by molar-refractivity contribution is 6.00. The van der Waals surface area contributed by atoms with E-state index < -0.39 is 6.04 Å². The van der Waals surface area contributed by atoms with Crippen molar-refractivity contribution in [3.63, 3.8) is 0 Å². The van der Waals surface area contributed by atoms with Gasteiger partial charge in [0, 0.05) is 17.9 Å². The van der Waals surface area contributed by atoms with E-state index in [1.165, 1.54) is 17.5 Å². The highest BCUT2D eigenvalue weighted by Crippen LogP contribution is 2.29. The molecule has 4 rings (SSSR count). The first-order chi connectivity index (χ1) is 13.6. The number of hydrogen-bond donors (Lipinski definition) is 2. The maximum absolute atomic E-state index is 13.0. The standard InChI is InChI=1S/C23H27N3O2/c1-16-11-13-18(14-12-16)24-23(28)26-15-5-10-21(26)22(27)25-20-9-4-7-17-6-2-3-8-19(17)20/h4,7,9,11-14,21H,2-3,5-6,8,10,15H2,1H3,(H,24,28)(H,25,27)/t21-/m0/s1. The molecule has 2 aromatic rings. The topological polar surface area (TPSA) is 61.4 Å². The van der Waals surface area contributed by atoms with Crippen molar-refractivity contribution in [3.05, 3.63) is 59.2 Å². The number of carbonyl (C=O) groups is 2. The molecule has 1 aliphatic carbocycles. The van der Waals surface area contributed by atoms with Crippen molar-refractivity contribution in [1.82, 2.24) is 4.90 Å². The molecule has 1 fully saturated rings. The molecular weight excluding hydrogens is 350 g/mol. The number of amides is 3. The fourth-order valence-corrected chi connectivity index (χ4v) is 4.23. The minimum atomic E-state index is -0.426. The summed E-state index contributed by atoms with van der Waals surface area (Å²) in [6, 6.07) is 13.2. The van der Waals surface area contributed by atoms with E-state index in [1.54, 1.807) is 4.90 Å². The van der Waals surface area contributed by atoms with Crippen molar-refractivity contribution >= 4 is 23.3 Å². The third kappa shape index (κ3) is 3.88. The number of nitrogens with zero attached hydrogens (tertiary/aromatic N) is 1. The van der Waals surface area contributed by atoms with Crippen molar-refractivity contribution in [2.45, 2.75) is 51.5 Å². The Labute approximate surface area is 166 Å². The normalized spacial score (nSPS) is 18.5. The summed E-state index contributed by atoms with van der Waals surface area (Å²) in [6.45, 7) is 2.61. The van der Waals surface area contributed by atoms with Gasteiger partial charge >= 0.3 is 6.03 Å². The van der Waals surface area contributed by atoms with Crippen LogP contribution in [0.3, 0.4) is 0 Å². The van der Waals surface area contributed by atoms with Crippen molar-refractivity contribution in [3.8, 4) is 0 Å². The van der Waals surface area contributed by atoms with Gasteiger partial charge in [0.2, 0.25) is 5.91 Å². The van der Waals surface area contributed by atoms with Crippen LogP contribution in [0.4, 0.5) is 16.2 Å². The Kier molecular flexibility index (Phi) is 5.33. The van der Waals surface area contributed by atoms with E-state index in [-0.39, 0.29) is 11.9 Å². The Bertz CT molecular complexity index is 876. The van der Waals surface area contributed by atoms with Gasteiger partial charge in [-0.05, 0) is 74.8 Å². The number of anilines is 2. The van der Waals surface area contributed by atoms with Crippen LogP contribution in [0, 0.1) is 6.92 Å². The third-order valence-electron chi connectivity index (χ3n) is 5.77. The number of rotatable bonds is 3. The van der Waals surface area contributed by atoms with Crippen LogP contribution in [-0.2, 0) is 17.6 Å². The summed E-state index contributed by atoms with van der Waals surface area (Å²) in [7, 11) is 0. The van der Waals surface area contributed by atoms with Crippen LogP contribution in [0.1, 0.15) is 42.4 Å². The fourth-order valence-electron chi connectivity index (χ4n) is 4.23. The van der Waals surface area contributed by atoms with Crippen molar-refractivity contribution in [1.29, 1.82) is 0 Å². The van der Waals surface area contributed by atoms with Crippen LogP contribution in [0.2, 0.25) is 0 Å². The number of carbonyl (C=O) groups excluding carboxylic acids is 2. The SMILES string of the molecule is Cc1ccc(NC(=O)N2CCC[C@H]2C(=O)Nc2cccc3c2CCCC3)cc1. The lowest BCUT2D eigenvalue weighted by atomic mass is 9.90. The average Bonchev–Trinajstić information content (AvgIpc) is 3.20. The van der Waals surface area contributed by atoms with Crippen molar-refractivity contribution in [2.24, 2.45) is 0 Å². The number of nitrogens with one attached hydrogen (secondary N) is 2. The highest BCUT2D eigenvalue weighted by atomic mass is 16.2. The molecule has 146 valence electrons. The smallest absolute Gasteiger partial charge is 0.322 e. The van der Waals surface area contributed by atoms with Gasteiger partial charge < -0.3 is 15.5 Å². The number of fused-ring (bicyclic) bond motifs is 1. The van der Waals surface area contributed by atoms with Crippen LogP contribution in [-0.4, -0.2) is 29.4 Å². The lowest BCUT2D eigenvalue weighted by molar-refractivity contribution is -0.119. The van der Waals surface area contributed by atoms with Crippen LogP contribution in [0.15, 0.2) is 42.5 Å². The Balaban J connectivity index is 1.45. The molecule has 0 spiro atoms. The monoisotopic (exact) mass is 377 g/mol. The fraction of sp³-hybridized carbons (Fsp3) is 0.391.